The predicted octanol–water partition coefficient (Wildman–Crippen LogP) is -0.611. The molecule has 0 spiro atoms. The summed E-state index contributed by atoms with van der Waals surface area (Å²) in [5.74, 6) is -8.84. The first-order valence-corrected chi connectivity index (χ1v) is 14.0. The number of aromatic hydroxyl groups is 1. The second-order valence-electron chi connectivity index (χ2n) is 11.7. The molecule has 6 atom stereocenters. The fraction of sp³-hybridized carbons (Fsp3) is 0.517. The van der Waals surface area contributed by atoms with Crippen molar-refractivity contribution in [2.45, 2.75) is 55.9 Å². The Balaban J connectivity index is 1.64. The van der Waals surface area contributed by atoms with Gasteiger partial charge in [-0.25, -0.2) is 0 Å². The van der Waals surface area contributed by atoms with Crippen LogP contribution in [0.15, 0.2) is 35.1 Å². The van der Waals surface area contributed by atoms with Crippen LogP contribution in [0.3, 0.4) is 0 Å². The van der Waals surface area contributed by atoms with Crippen molar-refractivity contribution in [2.75, 3.05) is 27.3 Å². The first-order valence-electron chi connectivity index (χ1n) is 14.0. The zero-order valence-corrected chi connectivity index (χ0v) is 24.1. The van der Waals surface area contributed by atoms with Crippen LogP contribution in [0.25, 0.3) is 5.76 Å². The first-order chi connectivity index (χ1) is 20.1. The lowest BCUT2D eigenvalue weighted by Gasteiger charge is -2.53. The van der Waals surface area contributed by atoms with Crippen LogP contribution in [0.5, 0.6) is 5.75 Å². The van der Waals surface area contributed by atoms with Gasteiger partial charge < -0.3 is 41.7 Å². The molecule has 0 radical (unpaired) electrons. The number of carboxylic acid groups (broad SMARTS) is 1. The van der Waals surface area contributed by atoms with Crippen molar-refractivity contribution in [1.82, 2.24) is 15.5 Å². The molecule has 1 aromatic rings. The lowest BCUT2D eigenvalue weighted by molar-refractivity contribution is -0.159. The number of amides is 1. The Labute approximate surface area is 247 Å². The number of aliphatic hydroxyl groups excluding tert-OH is 2. The lowest BCUT2D eigenvalue weighted by atomic mass is 9.54. The maximum atomic E-state index is 14.1. The number of carbonyl (C=O) groups is 4. The van der Waals surface area contributed by atoms with Gasteiger partial charge in [0, 0.05) is 17.4 Å². The van der Waals surface area contributed by atoms with Crippen molar-refractivity contribution in [2.24, 2.45) is 17.6 Å². The standard InChI is InChI=1S/C29H38N4O10/c1-28(42)13-7-6-9-17(34)18(13)22(35)19-14(28)11-15-21(33(2)3)23(36)20(25(38)29(15,43)24(19)37)26(39)32-12-31-10-5-4-8-16(30)27(40)41/h6-7,9,14-16,21,31,34-35,38,42-43H,4-5,8,10-12,30H2,1-3H3,(H,32,39)(H,40,41)/t14?,15-,16-,21-,28+,29-/m0/s1. The van der Waals surface area contributed by atoms with E-state index in [0.29, 0.717) is 19.4 Å². The minimum absolute atomic E-state index is 0.150. The van der Waals surface area contributed by atoms with Gasteiger partial charge in [0.2, 0.25) is 5.78 Å². The summed E-state index contributed by atoms with van der Waals surface area (Å²) in [5, 5.41) is 70.6. The van der Waals surface area contributed by atoms with E-state index in [4.69, 9.17) is 10.8 Å². The number of phenols is 1. The van der Waals surface area contributed by atoms with E-state index < -0.39 is 87.0 Å². The molecule has 1 unspecified atom stereocenters. The molecule has 1 fully saturated rings. The summed E-state index contributed by atoms with van der Waals surface area (Å²) in [6, 6.07) is 1.99. The molecule has 1 saturated carbocycles. The number of nitrogens with one attached hydrogen (secondary N) is 2. The average molecular weight is 603 g/mol. The smallest absolute Gasteiger partial charge is 0.320 e. The number of ketones is 2. The summed E-state index contributed by atoms with van der Waals surface area (Å²) in [4.78, 5) is 53.1. The quantitative estimate of drug-likeness (QED) is 0.0923. The van der Waals surface area contributed by atoms with Gasteiger partial charge in [-0.1, -0.05) is 18.6 Å². The second-order valence-corrected chi connectivity index (χ2v) is 11.7. The normalized spacial score (nSPS) is 29.2. The fourth-order valence-electron chi connectivity index (χ4n) is 6.54. The predicted molar refractivity (Wildman–Crippen MR) is 151 cm³/mol. The van der Waals surface area contributed by atoms with Crippen LogP contribution >= 0.6 is 0 Å². The molecule has 0 saturated heterocycles. The third-order valence-electron chi connectivity index (χ3n) is 8.81. The number of phenolic OH excluding ortho intramolecular Hbond substituents is 1. The van der Waals surface area contributed by atoms with Gasteiger partial charge in [-0.3, -0.25) is 29.4 Å². The Morgan fingerprint density at radius 1 is 1.14 bits per heavy atom. The number of unbranched alkanes of at least 4 members (excludes halogenated alkanes) is 1. The topological polar surface area (TPSA) is 243 Å². The number of carboxylic acids is 1. The molecule has 234 valence electrons. The molecule has 3 aliphatic carbocycles. The van der Waals surface area contributed by atoms with Crippen LogP contribution in [-0.4, -0.2) is 104 Å². The number of nitrogens with two attached hydrogens (primary N) is 1. The van der Waals surface area contributed by atoms with Crippen molar-refractivity contribution < 1.29 is 49.8 Å². The van der Waals surface area contributed by atoms with Crippen LogP contribution in [0, 0.1) is 11.8 Å². The van der Waals surface area contributed by atoms with Crippen LogP contribution in [0.1, 0.15) is 43.7 Å². The number of Topliss-reactive ketones (excluding diaryl/α,β-unsaturated/α-hetero) is 2. The van der Waals surface area contributed by atoms with Crippen molar-refractivity contribution >= 4 is 29.2 Å². The number of carbonyl (C=O) groups excluding carboxylic acids is 3. The number of rotatable bonds is 10. The molecule has 14 nitrogen and oxygen atoms in total. The van der Waals surface area contributed by atoms with E-state index in [9.17, 15) is 44.7 Å². The number of benzene rings is 1. The number of likely N-dealkylation sites (N-methyl/N-ethyl adjacent to an activating group) is 1. The Hall–Kier alpha value is -3.82. The van der Waals surface area contributed by atoms with Crippen molar-refractivity contribution in [3.05, 3.63) is 46.2 Å². The molecule has 0 heterocycles. The van der Waals surface area contributed by atoms with E-state index >= 15 is 0 Å². The molecule has 0 aromatic heterocycles. The van der Waals surface area contributed by atoms with E-state index in [1.54, 1.807) is 0 Å². The zero-order valence-electron chi connectivity index (χ0n) is 24.1. The highest BCUT2D eigenvalue weighted by atomic mass is 16.4. The maximum Gasteiger partial charge on any atom is 0.320 e. The Morgan fingerprint density at radius 3 is 2.44 bits per heavy atom. The largest absolute Gasteiger partial charge is 0.508 e. The summed E-state index contributed by atoms with van der Waals surface area (Å²) < 4.78 is 0. The number of aliphatic carboxylic acids is 1. The molecule has 1 aromatic carbocycles. The van der Waals surface area contributed by atoms with E-state index in [2.05, 4.69) is 10.6 Å². The highest BCUT2D eigenvalue weighted by Gasteiger charge is 2.66. The van der Waals surface area contributed by atoms with E-state index in [0.717, 1.165) is 0 Å². The minimum atomic E-state index is -2.80. The lowest BCUT2D eigenvalue weighted by Crippen LogP contribution is -2.67. The Morgan fingerprint density at radius 2 is 1.81 bits per heavy atom. The van der Waals surface area contributed by atoms with Gasteiger partial charge in [-0.2, -0.15) is 0 Å². The highest BCUT2D eigenvalue weighted by Crippen LogP contribution is 2.57. The minimum Gasteiger partial charge on any atom is -0.508 e. The van der Waals surface area contributed by atoms with Gasteiger partial charge in [0.05, 0.1) is 23.9 Å². The second kappa shape index (κ2) is 11.7. The van der Waals surface area contributed by atoms with Gasteiger partial charge in [0.25, 0.3) is 5.91 Å². The van der Waals surface area contributed by atoms with Gasteiger partial charge in [-0.15, -0.1) is 0 Å². The molecule has 1 amide bonds. The van der Waals surface area contributed by atoms with Gasteiger partial charge in [0.15, 0.2) is 11.4 Å². The third-order valence-corrected chi connectivity index (χ3v) is 8.81. The molecule has 10 N–H and O–H groups in total. The molecule has 4 rings (SSSR count). The van der Waals surface area contributed by atoms with Crippen molar-refractivity contribution in [1.29, 1.82) is 0 Å². The summed E-state index contributed by atoms with van der Waals surface area (Å²) in [5.41, 5.74) is -0.436. The third kappa shape index (κ3) is 5.18. The van der Waals surface area contributed by atoms with Gasteiger partial charge in [0.1, 0.15) is 28.9 Å². The molecule has 0 bridgehead atoms. The number of aliphatic hydroxyl groups is 4. The monoisotopic (exact) mass is 602 g/mol. The SMILES string of the molecule is CN(C)[C@@H]1C(=O)C(C(=O)NCNCCCC[C@H](N)C(=O)O)=C(O)[C@@]2(O)C(=O)C3=C(O)c4c(O)cccc4[C@@](C)(O)C3C[C@@H]12. The average Bonchev–Trinajstić information content (AvgIpc) is 2.92. The van der Waals surface area contributed by atoms with Crippen LogP contribution < -0.4 is 16.4 Å². The van der Waals surface area contributed by atoms with Crippen LogP contribution in [0.4, 0.5) is 0 Å². The van der Waals surface area contributed by atoms with Crippen molar-refractivity contribution in [3.8, 4) is 5.75 Å². The molecule has 0 aliphatic heterocycles. The maximum absolute atomic E-state index is 14.1. The van der Waals surface area contributed by atoms with Gasteiger partial charge in [-0.05, 0) is 58.5 Å². The molecule has 14 heteroatoms. The molecular formula is C29H38N4O10. The summed E-state index contributed by atoms with van der Waals surface area (Å²) in [6.07, 6.45) is 1.10. The fourth-order valence-corrected chi connectivity index (χ4v) is 6.54. The summed E-state index contributed by atoms with van der Waals surface area (Å²) in [7, 11) is 3.02. The van der Waals surface area contributed by atoms with E-state index in [1.807, 2.05) is 0 Å². The zero-order chi connectivity index (χ0) is 32.0. The Bertz CT molecular complexity index is 1420. The van der Waals surface area contributed by atoms with E-state index in [1.165, 1.54) is 44.1 Å². The van der Waals surface area contributed by atoms with Crippen LogP contribution in [0.2, 0.25) is 0 Å². The molecule has 43 heavy (non-hydrogen) atoms. The summed E-state index contributed by atoms with van der Waals surface area (Å²) in [6.45, 7) is 1.63. The van der Waals surface area contributed by atoms with Gasteiger partial charge >= 0.3 is 5.97 Å². The Kier molecular flexibility index (Phi) is 8.73. The van der Waals surface area contributed by atoms with Crippen LogP contribution in [-0.2, 0) is 24.8 Å². The number of nitrogens with zero attached hydrogens (tertiary/aromatic N) is 1. The highest BCUT2D eigenvalue weighted by molar-refractivity contribution is 6.25. The number of fused-ring (bicyclic) bond motifs is 3. The van der Waals surface area contributed by atoms with Crippen molar-refractivity contribution in [3.63, 3.8) is 0 Å². The number of hydrogen-bond donors (Lipinski definition) is 9. The number of hydrogen-bond acceptors (Lipinski definition) is 12. The molecule has 3 aliphatic rings. The first kappa shape index (κ1) is 32.1. The van der Waals surface area contributed by atoms with E-state index in [-0.39, 0.29) is 30.6 Å². The molecular weight excluding hydrogens is 564 g/mol. The summed E-state index contributed by atoms with van der Waals surface area (Å²) >= 11 is 0.